The molecule has 8 unspecified atom stereocenters. The molecule has 3 aliphatic rings. The first-order chi connectivity index (χ1) is 23.6. The van der Waals surface area contributed by atoms with Crippen LogP contribution in [0, 0.1) is 0 Å². The van der Waals surface area contributed by atoms with Gasteiger partial charge in [-0.1, -0.05) is 6.92 Å². The second-order valence-electron chi connectivity index (χ2n) is 12.9. The van der Waals surface area contributed by atoms with Crippen molar-refractivity contribution >= 4 is 5.91 Å². The summed E-state index contributed by atoms with van der Waals surface area (Å²) in [6.45, 7) is 2.93. The van der Waals surface area contributed by atoms with Crippen molar-refractivity contribution in [1.29, 1.82) is 0 Å². The molecule has 3 saturated heterocycles. The molecule has 18 atom stereocenters. The number of aliphatic hydroxyl groups is 11. The van der Waals surface area contributed by atoms with Gasteiger partial charge in [-0.05, 0) is 20.3 Å². The second kappa shape index (κ2) is 19.7. The van der Waals surface area contributed by atoms with Crippen LogP contribution in [0.1, 0.15) is 40.5 Å². The SMILES string of the molecule is CCC(O)C[C@H](O[C@@H]1OC(CO)[C@H](O)[C@H](O[C@@H]2OC(CO)[C@@H](O[C@@H]3OC(CO)[C@H](O)[C@H](OC(C)C)C3O)[C@H](O)C2NC(C)=O)C1O)C(O)CO. The molecule has 50 heavy (non-hydrogen) atoms. The van der Waals surface area contributed by atoms with Gasteiger partial charge in [0.25, 0.3) is 0 Å². The van der Waals surface area contributed by atoms with Crippen LogP contribution in [0.2, 0.25) is 0 Å². The van der Waals surface area contributed by atoms with Crippen LogP contribution in [-0.4, -0.2) is 205 Å². The average Bonchev–Trinajstić information content (AvgIpc) is 3.08. The molecular weight excluding hydrogens is 678 g/mol. The van der Waals surface area contributed by atoms with Crippen molar-refractivity contribution in [3.8, 4) is 0 Å². The molecule has 0 aliphatic carbocycles. The zero-order chi connectivity index (χ0) is 37.4. The molecule has 3 aliphatic heterocycles. The van der Waals surface area contributed by atoms with Crippen LogP contribution < -0.4 is 5.32 Å². The molecule has 20 heteroatoms. The molecule has 20 nitrogen and oxygen atoms in total. The maximum Gasteiger partial charge on any atom is 0.217 e. The molecule has 0 spiro atoms. The second-order valence-corrected chi connectivity index (χ2v) is 12.9. The van der Waals surface area contributed by atoms with Gasteiger partial charge in [0.1, 0.15) is 79.3 Å². The lowest BCUT2D eigenvalue weighted by molar-refractivity contribution is -0.372. The maximum atomic E-state index is 12.3. The summed E-state index contributed by atoms with van der Waals surface area (Å²) in [7, 11) is 0. The number of hydrogen-bond acceptors (Lipinski definition) is 19. The van der Waals surface area contributed by atoms with E-state index in [1.807, 2.05) is 0 Å². The zero-order valence-electron chi connectivity index (χ0n) is 28.4. The van der Waals surface area contributed by atoms with E-state index in [4.69, 9.17) is 33.2 Å². The van der Waals surface area contributed by atoms with Gasteiger partial charge in [-0.25, -0.2) is 0 Å². The summed E-state index contributed by atoms with van der Waals surface area (Å²) in [6, 6.07) is -1.54. The number of hydrogen-bond donors (Lipinski definition) is 12. The van der Waals surface area contributed by atoms with Gasteiger partial charge < -0.3 is 94.6 Å². The van der Waals surface area contributed by atoms with Gasteiger partial charge in [0.2, 0.25) is 5.91 Å². The molecule has 0 aromatic heterocycles. The van der Waals surface area contributed by atoms with Crippen LogP contribution in [0.3, 0.4) is 0 Å². The molecule has 3 fully saturated rings. The minimum Gasteiger partial charge on any atom is -0.394 e. The molecule has 0 saturated carbocycles. The van der Waals surface area contributed by atoms with Gasteiger partial charge in [-0.2, -0.15) is 0 Å². The molecule has 0 aromatic rings. The quantitative estimate of drug-likeness (QED) is 0.0662. The maximum absolute atomic E-state index is 12.3. The van der Waals surface area contributed by atoms with Gasteiger partial charge >= 0.3 is 0 Å². The standard InChI is InChI=1S/C30H55NO19/c1-5-13(37)6-15(14(38)7-32)45-29-24(43)27(21(40)17(9-34)46-29)50-28-19(31-12(4)36)22(41)25(18(10-35)48-28)49-30-23(42)26(44-11(2)3)20(39)16(8-33)47-30/h11,13-30,32-35,37-43H,5-10H2,1-4H3,(H,31,36)/t13?,14?,15-,16?,17?,18?,19?,20-,21-,22+,23?,24?,25+,26-,27-,28-,29+,30-/m0/s1. The van der Waals surface area contributed by atoms with Crippen molar-refractivity contribution in [2.45, 2.75) is 157 Å². The monoisotopic (exact) mass is 733 g/mol. The van der Waals surface area contributed by atoms with Gasteiger partial charge in [-0.3, -0.25) is 4.79 Å². The minimum atomic E-state index is -1.90. The van der Waals surface area contributed by atoms with E-state index >= 15 is 0 Å². The number of carbonyl (C=O) groups is 1. The summed E-state index contributed by atoms with van der Waals surface area (Å²) < 4.78 is 40.0. The number of carbonyl (C=O) groups excluding carboxylic acids is 1. The average molecular weight is 734 g/mol. The molecule has 0 radical (unpaired) electrons. The first kappa shape index (κ1) is 43.2. The highest BCUT2D eigenvalue weighted by molar-refractivity contribution is 5.73. The van der Waals surface area contributed by atoms with E-state index in [2.05, 4.69) is 5.32 Å². The van der Waals surface area contributed by atoms with Crippen LogP contribution in [0.5, 0.6) is 0 Å². The Kier molecular flexibility index (Phi) is 17.0. The third kappa shape index (κ3) is 10.5. The topological polar surface area (TPSA) is 316 Å². The van der Waals surface area contributed by atoms with Crippen molar-refractivity contribution in [3.05, 3.63) is 0 Å². The summed E-state index contributed by atoms with van der Waals surface area (Å²) in [5.41, 5.74) is 0. The summed E-state index contributed by atoms with van der Waals surface area (Å²) >= 11 is 0. The fourth-order valence-electron chi connectivity index (χ4n) is 6.04. The predicted molar refractivity (Wildman–Crippen MR) is 164 cm³/mol. The predicted octanol–water partition coefficient (Wildman–Crippen LogP) is -6.09. The van der Waals surface area contributed by atoms with Crippen molar-refractivity contribution in [1.82, 2.24) is 5.32 Å². The van der Waals surface area contributed by atoms with Crippen molar-refractivity contribution < 1.29 is 94.1 Å². The summed E-state index contributed by atoms with van der Waals surface area (Å²) in [4.78, 5) is 12.3. The number of rotatable bonds is 17. The lowest BCUT2D eigenvalue weighted by Crippen LogP contribution is -2.69. The van der Waals surface area contributed by atoms with Crippen LogP contribution in [0.15, 0.2) is 0 Å². The Bertz CT molecular complexity index is 1010. The third-order valence-electron chi connectivity index (χ3n) is 8.78. The van der Waals surface area contributed by atoms with Gasteiger partial charge in [0.15, 0.2) is 18.9 Å². The first-order valence-electron chi connectivity index (χ1n) is 16.7. The summed E-state index contributed by atoms with van der Waals surface area (Å²) in [5.74, 6) is -0.701. The Morgan fingerprint density at radius 3 is 1.74 bits per heavy atom. The molecule has 294 valence electrons. The lowest BCUT2D eigenvalue weighted by atomic mass is 9.94. The van der Waals surface area contributed by atoms with E-state index in [0.29, 0.717) is 0 Å². The normalized spacial score (nSPS) is 41.5. The van der Waals surface area contributed by atoms with Gasteiger partial charge in [0.05, 0.1) is 44.7 Å². The van der Waals surface area contributed by atoms with E-state index in [0.717, 1.165) is 6.92 Å². The van der Waals surface area contributed by atoms with Gasteiger partial charge in [-0.15, -0.1) is 0 Å². The number of amides is 1. The lowest BCUT2D eigenvalue weighted by Gasteiger charge is -2.49. The van der Waals surface area contributed by atoms with Gasteiger partial charge in [0, 0.05) is 13.3 Å². The highest BCUT2D eigenvalue weighted by Gasteiger charge is 2.55. The molecule has 12 N–H and O–H groups in total. The van der Waals surface area contributed by atoms with Crippen molar-refractivity contribution in [3.63, 3.8) is 0 Å². The molecule has 3 heterocycles. The van der Waals surface area contributed by atoms with E-state index in [1.165, 1.54) is 0 Å². The van der Waals surface area contributed by atoms with E-state index in [1.54, 1.807) is 20.8 Å². The van der Waals surface area contributed by atoms with Crippen molar-refractivity contribution in [2.24, 2.45) is 0 Å². The molecule has 1 amide bonds. The largest absolute Gasteiger partial charge is 0.394 e. The first-order valence-corrected chi connectivity index (χ1v) is 16.7. The highest BCUT2D eigenvalue weighted by atomic mass is 16.8. The van der Waals surface area contributed by atoms with Crippen LogP contribution in [-0.2, 0) is 38.0 Å². The summed E-state index contributed by atoms with van der Waals surface area (Å²) in [6.07, 6.45) is -26.7. The molecule has 0 aromatic carbocycles. The van der Waals surface area contributed by atoms with E-state index in [-0.39, 0.29) is 12.8 Å². The Morgan fingerprint density at radius 2 is 1.22 bits per heavy atom. The molecular formula is C30H55NO19. The fraction of sp³-hybridized carbons (Fsp3) is 0.967. The zero-order valence-corrected chi connectivity index (χ0v) is 28.4. The number of nitrogens with one attached hydrogen (secondary N) is 1. The molecule has 3 rings (SSSR count). The number of aliphatic hydroxyl groups excluding tert-OH is 11. The van der Waals surface area contributed by atoms with E-state index < -0.39 is 149 Å². The smallest absolute Gasteiger partial charge is 0.217 e. The highest BCUT2D eigenvalue weighted by Crippen LogP contribution is 2.34. The Balaban J connectivity index is 1.88. The fourth-order valence-corrected chi connectivity index (χ4v) is 6.04. The Hall–Kier alpha value is -1.25. The Morgan fingerprint density at radius 1 is 0.700 bits per heavy atom. The Labute approximate surface area is 289 Å². The van der Waals surface area contributed by atoms with Crippen molar-refractivity contribution in [2.75, 3.05) is 26.4 Å². The van der Waals surface area contributed by atoms with Crippen LogP contribution in [0.4, 0.5) is 0 Å². The van der Waals surface area contributed by atoms with Crippen LogP contribution in [0.25, 0.3) is 0 Å². The van der Waals surface area contributed by atoms with Crippen LogP contribution >= 0.6 is 0 Å². The third-order valence-corrected chi connectivity index (χ3v) is 8.78. The minimum absolute atomic E-state index is 0.188. The molecule has 0 bridgehead atoms. The summed E-state index contributed by atoms with van der Waals surface area (Å²) in [5, 5.41) is 118. The number of ether oxygens (including phenoxy) is 7. The van der Waals surface area contributed by atoms with E-state index in [9.17, 15) is 61.0 Å².